The second-order valence-corrected chi connectivity index (χ2v) is 6.00. The minimum Gasteiger partial charge on any atom is -0.373 e. The molecule has 21 heavy (non-hydrogen) atoms. The highest BCUT2D eigenvalue weighted by Crippen LogP contribution is 2.25. The molecule has 1 atom stereocenters. The van der Waals surface area contributed by atoms with Crippen molar-refractivity contribution in [3.05, 3.63) is 41.0 Å². The van der Waals surface area contributed by atoms with Crippen LogP contribution in [0.25, 0.3) is 10.9 Å². The second-order valence-electron chi connectivity index (χ2n) is 5.59. The number of benzene rings is 1. The fourth-order valence-corrected chi connectivity index (χ4v) is 2.85. The van der Waals surface area contributed by atoms with Gasteiger partial charge in [0.1, 0.15) is 5.69 Å². The molecule has 1 aromatic heterocycles. The topological polar surface area (TPSA) is 51.2 Å². The Labute approximate surface area is 128 Å². The minimum absolute atomic E-state index is 0.223. The molecule has 1 saturated heterocycles. The zero-order valence-corrected chi connectivity index (χ0v) is 12.6. The summed E-state index contributed by atoms with van der Waals surface area (Å²) in [6, 6.07) is 9.12. The Morgan fingerprint density at radius 3 is 3.05 bits per heavy atom. The van der Waals surface area contributed by atoms with Crippen LogP contribution in [0.1, 0.15) is 30.3 Å². The molecule has 4 nitrogen and oxygen atoms in total. The Bertz CT molecular complexity index is 681. The highest BCUT2D eigenvalue weighted by atomic mass is 35.5. The molecule has 1 aliphatic heterocycles. The zero-order chi connectivity index (χ0) is 14.9. The smallest absolute Gasteiger partial charge is 0.270 e. The number of hydrogen-bond acceptors (Lipinski definition) is 3. The van der Waals surface area contributed by atoms with Gasteiger partial charge in [-0.1, -0.05) is 29.8 Å². The van der Waals surface area contributed by atoms with Gasteiger partial charge in [0, 0.05) is 18.5 Å². The third kappa shape index (κ3) is 3.01. The first-order valence-corrected chi connectivity index (χ1v) is 7.43. The summed E-state index contributed by atoms with van der Waals surface area (Å²) in [5, 5.41) is 4.27. The number of aromatic nitrogens is 1. The Balaban J connectivity index is 1.78. The van der Waals surface area contributed by atoms with Crippen LogP contribution in [-0.2, 0) is 4.74 Å². The lowest BCUT2D eigenvalue weighted by Gasteiger charge is -2.23. The highest BCUT2D eigenvalue weighted by Gasteiger charge is 2.30. The van der Waals surface area contributed by atoms with Crippen LogP contribution in [0.15, 0.2) is 30.3 Å². The van der Waals surface area contributed by atoms with E-state index in [-0.39, 0.29) is 11.5 Å². The van der Waals surface area contributed by atoms with Gasteiger partial charge in [0.15, 0.2) is 0 Å². The number of carbonyl (C=O) groups is 1. The predicted octanol–water partition coefficient (Wildman–Crippen LogP) is 3.19. The van der Waals surface area contributed by atoms with Crippen LogP contribution in [0.3, 0.4) is 0 Å². The van der Waals surface area contributed by atoms with Gasteiger partial charge in [0.25, 0.3) is 5.91 Å². The van der Waals surface area contributed by atoms with Crippen molar-refractivity contribution in [3.63, 3.8) is 0 Å². The Morgan fingerprint density at radius 2 is 2.29 bits per heavy atom. The molecule has 2 heterocycles. The van der Waals surface area contributed by atoms with Gasteiger partial charge in [-0.15, -0.1) is 0 Å². The Hall–Kier alpha value is -1.65. The van der Waals surface area contributed by atoms with Gasteiger partial charge in [0.2, 0.25) is 0 Å². The van der Waals surface area contributed by atoms with E-state index in [0.717, 1.165) is 30.4 Å². The second kappa shape index (κ2) is 5.62. The van der Waals surface area contributed by atoms with Crippen molar-refractivity contribution < 1.29 is 9.53 Å². The van der Waals surface area contributed by atoms with Gasteiger partial charge in [-0.3, -0.25) is 4.79 Å². The molecule has 3 rings (SSSR count). The zero-order valence-electron chi connectivity index (χ0n) is 11.9. The summed E-state index contributed by atoms with van der Waals surface area (Å²) in [5.74, 6) is -0.223. The molecular formula is C16H17ClN2O2. The summed E-state index contributed by atoms with van der Waals surface area (Å²) in [7, 11) is 0. The van der Waals surface area contributed by atoms with Crippen molar-refractivity contribution in [2.75, 3.05) is 13.2 Å². The van der Waals surface area contributed by atoms with E-state index >= 15 is 0 Å². The van der Waals surface area contributed by atoms with Crippen LogP contribution in [0.5, 0.6) is 0 Å². The number of nitrogens with zero attached hydrogens (tertiary/aromatic N) is 1. The minimum atomic E-state index is -0.268. The van der Waals surface area contributed by atoms with Crippen molar-refractivity contribution in [1.82, 2.24) is 10.3 Å². The highest BCUT2D eigenvalue weighted by molar-refractivity contribution is 6.35. The molecule has 5 heteroatoms. The lowest BCUT2D eigenvalue weighted by atomic mass is 10.0. The first-order chi connectivity index (χ1) is 10.1. The van der Waals surface area contributed by atoms with E-state index < -0.39 is 0 Å². The molecule has 1 N–H and O–H groups in total. The lowest BCUT2D eigenvalue weighted by molar-refractivity contribution is 0.0205. The fourth-order valence-electron chi connectivity index (χ4n) is 2.58. The van der Waals surface area contributed by atoms with Crippen LogP contribution < -0.4 is 5.32 Å². The van der Waals surface area contributed by atoms with Crippen LogP contribution in [0, 0.1) is 0 Å². The number of fused-ring (bicyclic) bond motifs is 1. The molecule has 2 aromatic rings. The van der Waals surface area contributed by atoms with Gasteiger partial charge in [0.05, 0.1) is 16.1 Å². The predicted molar refractivity (Wildman–Crippen MR) is 82.7 cm³/mol. The molecule has 1 unspecified atom stereocenters. The molecule has 1 aliphatic rings. The van der Waals surface area contributed by atoms with Gasteiger partial charge in [-0.2, -0.15) is 0 Å². The maximum atomic E-state index is 12.3. The molecule has 0 aliphatic carbocycles. The van der Waals surface area contributed by atoms with E-state index in [0.29, 0.717) is 17.3 Å². The lowest BCUT2D eigenvalue weighted by Crippen LogP contribution is -2.40. The standard InChI is InChI=1S/C16H17ClN2O2/c1-16(7-4-8-21-16)10-18-15(20)14-9-12(17)11-5-2-3-6-13(11)19-14/h2-3,5-6,9H,4,7-8,10H2,1H3,(H,18,20). The molecule has 0 saturated carbocycles. The van der Waals surface area contributed by atoms with Crippen LogP contribution in [0.2, 0.25) is 5.02 Å². The molecule has 110 valence electrons. The van der Waals surface area contributed by atoms with E-state index in [9.17, 15) is 4.79 Å². The molecule has 1 aromatic carbocycles. The van der Waals surface area contributed by atoms with Crippen LogP contribution in [0.4, 0.5) is 0 Å². The number of amides is 1. The molecule has 0 spiro atoms. The molecule has 1 fully saturated rings. The van der Waals surface area contributed by atoms with Crippen LogP contribution in [-0.4, -0.2) is 29.6 Å². The molecule has 0 bridgehead atoms. The van der Waals surface area contributed by atoms with Crippen molar-refractivity contribution in [3.8, 4) is 0 Å². The van der Waals surface area contributed by atoms with Gasteiger partial charge in [-0.05, 0) is 31.9 Å². The quantitative estimate of drug-likeness (QED) is 0.947. The number of pyridine rings is 1. The van der Waals surface area contributed by atoms with Crippen molar-refractivity contribution in [1.29, 1.82) is 0 Å². The summed E-state index contributed by atoms with van der Waals surface area (Å²) in [6.45, 7) is 3.26. The number of carbonyl (C=O) groups excluding carboxylic acids is 1. The summed E-state index contributed by atoms with van der Waals surface area (Å²) < 4.78 is 5.66. The first-order valence-electron chi connectivity index (χ1n) is 7.05. The van der Waals surface area contributed by atoms with E-state index in [1.54, 1.807) is 6.07 Å². The largest absolute Gasteiger partial charge is 0.373 e. The normalized spacial score (nSPS) is 21.6. The number of nitrogens with one attached hydrogen (secondary N) is 1. The number of ether oxygens (including phenoxy) is 1. The fraction of sp³-hybridized carbons (Fsp3) is 0.375. The molecular weight excluding hydrogens is 288 g/mol. The van der Waals surface area contributed by atoms with Gasteiger partial charge in [-0.25, -0.2) is 4.98 Å². The van der Waals surface area contributed by atoms with E-state index in [1.807, 2.05) is 31.2 Å². The van der Waals surface area contributed by atoms with E-state index in [1.165, 1.54) is 0 Å². The SMILES string of the molecule is CC1(CNC(=O)c2cc(Cl)c3ccccc3n2)CCCO1. The van der Waals surface area contributed by atoms with Crippen molar-refractivity contribution >= 4 is 28.4 Å². The van der Waals surface area contributed by atoms with Gasteiger partial charge < -0.3 is 10.1 Å². The molecule has 0 radical (unpaired) electrons. The van der Waals surface area contributed by atoms with Gasteiger partial charge >= 0.3 is 0 Å². The van der Waals surface area contributed by atoms with Crippen molar-refractivity contribution in [2.45, 2.75) is 25.4 Å². The average Bonchev–Trinajstić information content (AvgIpc) is 2.92. The van der Waals surface area contributed by atoms with E-state index in [4.69, 9.17) is 16.3 Å². The Morgan fingerprint density at radius 1 is 1.48 bits per heavy atom. The summed E-state index contributed by atoms with van der Waals surface area (Å²) in [6.07, 6.45) is 1.99. The van der Waals surface area contributed by atoms with Crippen LogP contribution >= 0.6 is 11.6 Å². The summed E-state index contributed by atoms with van der Waals surface area (Å²) >= 11 is 6.22. The third-order valence-corrected chi connectivity index (χ3v) is 4.13. The van der Waals surface area contributed by atoms with Crippen molar-refractivity contribution in [2.24, 2.45) is 0 Å². The third-order valence-electron chi connectivity index (χ3n) is 3.82. The maximum Gasteiger partial charge on any atom is 0.270 e. The monoisotopic (exact) mass is 304 g/mol. The average molecular weight is 305 g/mol. The summed E-state index contributed by atoms with van der Waals surface area (Å²) in [5.41, 5.74) is 0.787. The number of halogens is 1. The number of para-hydroxylation sites is 1. The first kappa shape index (κ1) is 14.3. The number of rotatable bonds is 3. The van der Waals surface area contributed by atoms with E-state index in [2.05, 4.69) is 10.3 Å². The maximum absolute atomic E-state index is 12.3. The summed E-state index contributed by atoms with van der Waals surface area (Å²) in [4.78, 5) is 16.6. The Kier molecular flexibility index (Phi) is 3.83. The number of hydrogen-bond donors (Lipinski definition) is 1. The molecule has 1 amide bonds.